The number of carbonyl (C=O) groups excluding carboxylic acids is 2. The first-order valence-corrected chi connectivity index (χ1v) is 7.93. The third kappa shape index (κ3) is 5.14. The van der Waals surface area contributed by atoms with E-state index in [4.69, 9.17) is 0 Å². The molecule has 0 saturated heterocycles. The standard InChI is InChI=1S/C16H30N2O2/c1-12(2)11-17-14(19)16(3,4)15(20)18-13-9-7-5-6-8-10-13/h12-13H,5-11H2,1-4H3,(H,17,19)(H,18,20). The van der Waals surface area contributed by atoms with Crippen LogP contribution in [0.25, 0.3) is 0 Å². The number of carbonyl (C=O) groups is 2. The highest BCUT2D eigenvalue weighted by Crippen LogP contribution is 2.20. The van der Waals surface area contributed by atoms with Crippen LogP contribution in [0.15, 0.2) is 0 Å². The van der Waals surface area contributed by atoms with Crippen molar-refractivity contribution in [1.29, 1.82) is 0 Å². The molecule has 0 spiro atoms. The van der Waals surface area contributed by atoms with Gasteiger partial charge in [0.1, 0.15) is 5.41 Å². The van der Waals surface area contributed by atoms with E-state index in [9.17, 15) is 9.59 Å². The Hall–Kier alpha value is -1.06. The number of hydrogen-bond donors (Lipinski definition) is 2. The van der Waals surface area contributed by atoms with Gasteiger partial charge in [0.05, 0.1) is 0 Å². The van der Waals surface area contributed by atoms with Crippen molar-refractivity contribution in [3.63, 3.8) is 0 Å². The second-order valence-corrected chi connectivity index (χ2v) is 6.89. The second-order valence-electron chi connectivity index (χ2n) is 6.89. The predicted octanol–water partition coefficient (Wildman–Crippen LogP) is 2.62. The zero-order chi connectivity index (χ0) is 15.2. The van der Waals surface area contributed by atoms with Crippen molar-refractivity contribution in [1.82, 2.24) is 10.6 Å². The van der Waals surface area contributed by atoms with E-state index >= 15 is 0 Å². The van der Waals surface area contributed by atoms with Gasteiger partial charge >= 0.3 is 0 Å². The van der Waals surface area contributed by atoms with E-state index in [1.54, 1.807) is 13.8 Å². The summed E-state index contributed by atoms with van der Waals surface area (Å²) in [6.07, 6.45) is 6.93. The topological polar surface area (TPSA) is 58.2 Å². The summed E-state index contributed by atoms with van der Waals surface area (Å²) in [6.45, 7) is 8.10. The van der Waals surface area contributed by atoms with E-state index in [2.05, 4.69) is 10.6 Å². The zero-order valence-corrected chi connectivity index (χ0v) is 13.4. The molecule has 1 aliphatic carbocycles. The smallest absolute Gasteiger partial charge is 0.235 e. The Balaban J connectivity index is 2.52. The normalized spacial score (nSPS) is 17.6. The number of rotatable bonds is 5. The highest BCUT2D eigenvalue weighted by atomic mass is 16.2. The largest absolute Gasteiger partial charge is 0.355 e. The molecule has 1 rings (SSSR count). The van der Waals surface area contributed by atoms with Gasteiger partial charge in [-0.3, -0.25) is 9.59 Å². The molecule has 2 amide bonds. The first-order valence-electron chi connectivity index (χ1n) is 7.93. The van der Waals surface area contributed by atoms with Gasteiger partial charge in [-0.2, -0.15) is 0 Å². The van der Waals surface area contributed by atoms with Gasteiger partial charge in [0, 0.05) is 12.6 Å². The first kappa shape index (κ1) is 17.0. The molecule has 1 fully saturated rings. The lowest BCUT2D eigenvalue weighted by molar-refractivity contribution is -0.141. The van der Waals surface area contributed by atoms with Gasteiger partial charge in [-0.25, -0.2) is 0 Å². The third-order valence-electron chi connectivity index (χ3n) is 4.00. The Morgan fingerprint density at radius 2 is 1.60 bits per heavy atom. The lowest BCUT2D eigenvalue weighted by atomic mass is 9.90. The lowest BCUT2D eigenvalue weighted by Gasteiger charge is -2.26. The maximum Gasteiger partial charge on any atom is 0.235 e. The molecule has 0 atom stereocenters. The molecule has 0 aromatic heterocycles. The highest BCUT2D eigenvalue weighted by Gasteiger charge is 2.36. The Labute approximate surface area is 123 Å². The van der Waals surface area contributed by atoms with Crippen molar-refractivity contribution in [2.75, 3.05) is 6.54 Å². The summed E-state index contributed by atoms with van der Waals surface area (Å²) in [7, 11) is 0. The van der Waals surface area contributed by atoms with Gasteiger partial charge in [0.2, 0.25) is 11.8 Å². The van der Waals surface area contributed by atoms with Crippen LogP contribution in [0.5, 0.6) is 0 Å². The molecule has 4 heteroatoms. The predicted molar refractivity (Wildman–Crippen MR) is 81.3 cm³/mol. The van der Waals surface area contributed by atoms with Crippen molar-refractivity contribution in [2.45, 2.75) is 72.3 Å². The fourth-order valence-corrected chi connectivity index (χ4v) is 2.41. The quantitative estimate of drug-likeness (QED) is 0.601. The van der Waals surface area contributed by atoms with Crippen LogP contribution in [0.2, 0.25) is 0 Å². The molecule has 0 aromatic carbocycles. The van der Waals surface area contributed by atoms with Crippen molar-refractivity contribution >= 4 is 11.8 Å². The minimum absolute atomic E-state index is 0.148. The Kier molecular flexibility index (Phi) is 6.50. The minimum atomic E-state index is -0.999. The average molecular weight is 282 g/mol. The molecule has 0 bridgehead atoms. The molecule has 20 heavy (non-hydrogen) atoms. The van der Waals surface area contributed by atoms with E-state index < -0.39 is 5.41 Å². The summed E-state index contributed by atoms with van der Waals surface area (Å²) >= 11 is 0. The molecule has 0 aliphatic heterocycles. The summed E-state index contributed by atoms with van der Waals surface area (Å²) in [5, 5.41) is 5.92. The molecule has 0 aromatic rings. The molecule has 0 unspecified atom stereocenters. The van der Waals surface area contributed by atoms with Crippen LogP contribution in [0.3, 0.4) is 0 Å². The van der Waals surface area contributed by atoms with Crippen molar-refractivity contribution in [2.24, 2.45) is 11.3 Å². The maximum atomic E-state index is 12.4. The lowest BCUT2D eigenvalue weighted by Crippen LogP contribution is -2.50. The summed E-state index contributed by atoms with van der Waals surface area (Å²) < 4.78 is 0. The second kappa shape index (κ2) is 7.65. The molecule has 0 radical (unpaired) electrons. The van der Waals surface area contributed by atoms with E-state index in [1.165, 1.54) is 25.7 Å². The van der Waals surface area contributed by atoms with E-state index in [1.807, 2.05) is 13.8 Å². The molecule has 4 nitrogen and oxygen atoms in total. The number of nitrogens with one attached hydrogen (secondary N) is 2. The highest BCUT2D eigenvalue weighted by molar-refractivity contribution is 6.04. The molecular formula is C16H30N2O2. The third-order valence-corrected chi connectivity index (χ3v) is 4.00. The first-order chi connectivity index (χ1) is 9.34. The van der Waals surface area contributed by atoms with Crippen molar-refractivity contribution in [3.8, 4) is 0 Å². The molecule has 0 heterocycles. The van der Waals surface area contributed by atoms with Crippen molar-refractivity contribution in [3.05, 3.63) is 0 Å². The van der Waals surface area contributed by atoms with Gasteiger partial charge in [0.25, 0.3) is 0 Å². The van der Waals surface area contributed by atoms with Gasteiger partial charge < -0.3 is 10.6 Å². The van der Waals surface area contributed by atoms with Crippen LogP contribution >= 0.6 is 0 Å². The van der Waals surface area contributed by atoms with E-state index in [-0.39, 0.29) is 17.9 Å². The van der Waals surface area contributed by atoms with Gasteiger partial charge in [-0.15, -0.1) is 0 Å². The van der Waals surface area contributed by atoms with Crippen molar-refractivity contribution < 1.29 is 9.59 Å². The number of amides is 2. The SMILES string of the molecule is CC(C)CNC(=O)C(C)(C)C(=O)NC1CCCCCC1. The van der Waals surface area contributed by atoms with Crippen LogP contribution in [-0.4, -0.2) is 24.4 Å². The molecule has 2 N–H and O–H groups in total. The zero-order valence-electron chi connectivity index (χ0n) is 13.4. The van der Waals surface area contributed by atoms with Crippen LogP contribution in [0, 0.1) is 11.3 Å². The van der Waals surface area contributed by atoms with Crippen LogP contribution in [-0.2, 0) is 9.59 Å². The van der Waals surface area contributed by atoms with Gasteiger partial charge in [-0.05, 0) is 32.6 Å². The molecule has 1 aliphatic rings. The Morgan fingerprint density at radius 1 is 1.05 bits per heavy atom. The van der Waals surface area contributed by atoms with Crippen LogP contribution in [0.1, 0.15) is 66.2 Å². The maximum absolute atomic E-state index is 12.4. The summed E-state index contributed by atoms with van der Waals surface area (Å²) in [4.78, 5) is 24.5. The summed E-state index contributed by atoms with van der Waals surface area (Å²) in [5.74, 6) is 0.0580. The van der Waals surface area contributed by atoms with Crippen LogP contribution in [0.4, 0.5) is 0 Å². The minimum Gasteiger partial charge on any atom is -0.355 e. The summed E-state index contributed by atoms with van der Waals surface area (Å²) in [5.41, 5.74) is -0.999. The van der Waals surface area contributed by atoms with Crippen LogP contribution < -0.4 is 10.6 Å². The fraction of sp³-hybridized carbons (Fsp3) is 0.875. The monoisotopic (exact) mass is 282 g/mol. The molecule has 116 valence electrons. The van der Waals surface area contributed by atoms with E-state index in [0.29, 0.717) is 12.5 Å². The van der Waals surface area contributed by atoms with E-state index in [0.717, 1.165) is 12.8 Å². The molecular weight excluding hydrogens is 252 g/mol. The van der Waals surface area contributed by atoms with Gasteiger partial charge in [0.15, 0.2) is 0 Å². The number of hydrogen-bond acceptors (Lipinski definition) is 2. The average Bonchev–Trinajstić information content (AvgIpc) is 2.64. The molecule has 1 saturated carbocycles. The van der Waals surface area contributed by atoms with Gasteiger partial charge in [-0.1, -0.05) is 39.5 Å². The Morgan fingerprint density at radius 3 is 2.10 bits per heavy atom. The Bertz CT molecular complexity index is 329. The fourth-order valence-electron chi connectivity index (χ4n) is 2.41. The summed E-state index contributed by atoms with van der Waals surface area (Å²) in [6, 6.07) is 0.238.